The lowest BCUT2D eigenvalue weighted by Gasteiger charge is -2.20. The predicted molar refractivity (Wildman–Crippen MR) is 61.9 cm³/mol. The van der Waals surface area contributed by atoms with E-state index in [4.69, 9.17) is 0 Å². The first-order chi connectivity index (χ1) is 7.86. The fraction of sp³-hybridized carbons (Fsp3) is 0.667. The summed E-state index contributed by atoms with van der Waals surface area (Å²) in [6.45, 7) is 0.706. The van der Waals surface area contributed by atoms with Gasteiger partial charge in [0.1, 0.15) is 0 Å². The van der Waals surface area contributed by atoms with Crippen LogP contribution in [0.3, 0.4) is 0 Å². The zero-order chi connectivity index (χ0) is 11.2. The van der Waals surface area contributed by atoms with E-state index in [2.05, 4.69) is 15.5 Å². The Kier molecular flexibility index (Phi) is 3.97. The Labute approximate surface area is 95.8 Å². The van der Waals surface area contributed by atoms with Gasteiger partial charge in [-0.15, -0.1) is 0 Å². The van der Waals surface area contributed by atoms with E-state index in [0.29, 0.717) is 6.54 Å². The highest BCUT2D eigenvalue weighted by atomic mass is 16.1. The molecular weight excluding hydrogens is 202 g/mol. The SMILES string of the molecule is O=C(NCCc1ccn[nH]1)C1CCCCC1. The second-order valence-corrected chi connectivity index (χ2v) is 4.46. The maximum atomic E-state index is 11.8. The topological polar surface area (TPSA) is 57.8 Å². The van der Waals surface area contributed by atoms with Gasteiger partial charge in [0, 0.05) is 30.8 Å². The van der Waals surface area contributed by atoms with E-state index in [1.165, 1.54) is 19.3 Å². The molecule has 0 aromatic carbocycles. The van der Waals surface area contributed by atoms with Gasteiger partial charge in [-0.25, -0.2) is 0 Å². The van der Waals surface area contributed by atoms with E-state index in [1.807, 2.05) is 6.07 Å². The van der Waals surface area contributed by atoms with E-state index in [1.54, 1.807) is 6.20 Å². The standard InChI is InChI=1S/C12H19N3O/c16-12(10-4-2-1-3-5-10)13-8-6-11-7-9-14-15-11/h7,9-10H,1-6,8H2,(H,13,16)(H,14,15). The van der Waals surface area contributed by atoms with Crippen molar-refractivity contribution in [1.82, 2.24) is 15.5 Å². The van der Waals surface area contributed by atoms with Crippen LogP contribution in [-0.4, -0.2) is 22.6 Å². The summed E-state index contributed by atoms with van der Waals surface area (Å²) >= 11 is 0. The van der Waals surface area contributed by atoms with Crippen molar-refractivity contribution in [3.05, 3.63) is 18.0 Å². The maximum Gasteiger partial charge on any atom is 0.223 e. The molecule has 0 bridgehead atoms. The highest BCUT2D eigenvalue weighted by molar-refractivity contribution is 5.78. The molecule has 1 aromatic rings. The van der Waals surface area contributed by atoms with Gasteiger partial charge in [0.15, 0.2) is 0 Å². The number of hydrogen-bond acceptors (Lipinski definition) is 2. The minimum Gasteiger partial charge on any atom is -0.355 e. The fourth-order valence-electron chi connectivity index (χ4n) is 2.25. The molecule has 0 radical (unpaired) electrons. The Morgan fingerprint density at radius 1 is 1.44 bits per heavy atom. The quantitative estimate of drug-likeness (QED) is 0.812. The largest absolute Gasteiger partial charge is 0.355 e. The van der Waals surface area contributed by atoms with Gasteiger partial charge in [0.25, 0.3) is 0 Å². The van der Waals surface area contributed by atoms with Crippen LogP contribution in [0.5, 0.6) is 0 Å². The summed E-state index contributed by atoms with van der Waals surface area (Å²) in [6, 6.07) is 1.94. The third-order valence-corrected chi connectivity index (χ3v) is 3.23. The molecule has 0 unspecified atom stereocenters. The number of nitrogens with zero attached hydrogens (tertiary/aromatic N) is 1. The molecule has 1 aromatic heterocycles. The van der Waals surface area contributed by atoms with Gasteiger partial charge in [-0.1, -0.05) is 19.3 Å². The van der Waals surface area contributed by atoms with Crippen LogP contribution in [-0.2, 0) is 11.2 Å². The molecule has 88 valence electrons. The van der Waals surface area contributed by atoms with Crippen molar-refractivity contribution in [1.29, 1.82) is 0 Å². The van der Waals surface area contributed by atoms with Gasteiger partial charge in [0.2, 0.25) is 5.91 Å². The van der Waals surface area contributed by atoms with Gasteiger partial charge in [-0.2, -0.15) is 5.10 Å². The Balaban J connectivity index is 1.67. The molecule has 4 heteroatoms. The molecule has 1 heterocycles. The monoisotopic (exact) mass is 221 g/mol. The number of H-pyrrole nitrogens is 1. The van der Waals surface area contributed by atoms with E-state index in [9.17, 15) is 4.79 Å². The second-order valence-electron chi connectivity index (χ2n) is 4.46. The minimum atomic E-state index is 0.235. The maximum absolute atomic E-state index is 11.8. The lowest BCUT2D eigenvalue weighted by molar-refractivity contribution is -0.125. The predicted octanol–water partition coefficient (Wildman–Crippen LogP) is 1.65. The molecule has 2 N–H and O–H groups in total. The molecule has 4 nitrogen and oxygen atoms in total. The van der Waals surface area contributed by atoms with Gasteiger partial charge in [-0.05, 0) is 18.9 Å². The third kappa shape index (κ3) is 3.08. The number of aromatic nitrogens is 2. The summed E-state index contributed by atoms with van der Waals surface area (Å²) in [4.78, 5) is 11.8. The molecule has 1 amide bonds. The van der Waals surface area contributed by atoms with Crippen LogP contribution < -0.4 is 5.32 Å². The van der Waals surface area contributed by atoms with Gasteiger partial charge in [-0.3, -0.25) is 9.89 Å². The van der Waals surface area contributed by atoms with Crippen LogP contribution >= 0.6 is 0 Å². The van der Waals surface area contributed by atoms with E-state index in [0.717, 1.165) is 25.0 Å². The van der Waals surface area contributed by atoms with Crippen molar-refractivity contribution in [3.63, 3.8) is 0 Å². The summed E-state index contributed by atoms with van der Waals surface area (Å²) < 4.78 is 0. The van der Waals surface area contributed by atoms with Gasteiger partial charge >= 0.3 is 0 Å². The van der Waals surface area contributed by atoms with Crippen molar-refractivity contribution in [2.24, 2.45) is 5.92 Å². The Bertz CT molecular complexity index is 315. The molecule has 1 aliphatic rings. The van der Waals surface area contributed by atoms with Crippen molar-refractivity contribution >= 4 is 5.91 Å². The highest BCUT2D eigenvalue weighted by Crippen LogP contribution is 2.23. The number of amides is 1. The summed E-state index contributed by atoms with van der Waals surface area (Å²) in [5, 5.41) is 9.77. The molecule has 1 aliphatic carbocycles. The van der Waals surface area contributed by atoms with E-state index >= 15 is 0 Å². The Hall–Kier alpha value is -1.32. The van der Waals surface area contributed by atoms with Crippen LogP contribution in [0.4, 0.5) is 0 Å². The second kappa shape index (κ2) is 5.68. The number of rotatable bonds is 4. The highest BCUT2D eigenvalue weighted by Gasteiger charge is 2.20. The van der Waals surface area contributed by atoms with Crippen molar-refractivity contribution in [2.75, 3.05) is 6.54 Å². The summed E-state index contributed by atoms with van der Waals surface area (Å²) in [6.07, 6.45) is 8.40. The van der Waals surface area contributed by atoms with Crippen LogP contribution in [0.15, 0.2) is 12.3 Å². The fourth-order valence-corrected chi connectivity index (χ4v) is 2.25. The number of nitrogens with one attached hydrogen (secondary N) is 2. The first-order valence-corrected chi connectivity index (χ1v) is 6.12. The lowest BCUT2D eigenvalue weighted by atomic mass is 9.89. The van der Waals surface area contributed by atoms with Gasteiger partial charge < -0.3 is 5.32 Å². The number of hydrogen-bond donors (Lipinski definition) is 2. The molecular formula is C12H19N3O. The molecule has 0 saturated heterocycles. The van der Waals surface area contributed by atoms with Gasteiger partial charge in [0.05, 0.1) is 0 Å². The number of carbonyl (C=O) groups excluding carboxylic acids is 1. The number of aromatic amines is 1. The zero-order valence-electron chi connectivity index (χ0n) is 9.54. The third-order valence-electron chi connectivity index (χ3n) is 3.23. The van der Waals surface area contributed by atoms with E-state index < -0.39 is 0 Å². The lowest BCUT2D eigenvalue weighted by Crippen LogP contribution is -2.33. The van der Waals surface area contributed by atoms with Crippen LogP contribution in [0.2, 0.25) is 0 Å². The minimum absolute atomic E-state index is 0.235. The normalized spacial score (nSPS) is 17.2. The van der Waals surface area contributed by atoms with Crippen molar-refractivity contribution in [3.8, 4) is 0 Å². The summed E-state index contributed by atoms with van der Waals surface area (Å²) in [5.41, 5.74) is 1.07. The van der Waals surface area contributed by atoms with Crippen LogP contribution in [0, 0.1) is 5.92 Å². The Morgan fingerprint density at radius 3 is 2.94 bits per heavy atom. The van der Waals surface area contributed by atoms with Crippen molar-refractivity contribution in [2.45, 2.75) is 38.5 Å². The molecule has 0 atom stereocenters. The average molecular weight is 221 g/mol. The van der Waals surface area contributed by atoms with Crippen molar-refractivity contribution < 1.29 is 4.79 Å². The first kappa shape index (κ1) is 11.2. The summed E-state index contributed by atoms with van der Waals surface area (Å²) in [5.74, 6) is 0.495. The molecule has 1 fully saturated rings. The number of carbonyl (C=O) groups is 1. The zero-order valence-corrected chi connectivity index (χ0v) is 9.54. The molecule has 0 spiro atoms. The smallest absolute Gasteiger partial charge is 0.223 e. The summed E-state index contributed by atoms with van der Waals surface area (Å²) in [7, 11) is 0. The molecule has 2 rings (SSSR count). The van der Waals surface area contributed by atoms with Crippen LogP contribution in [0.1, 0.15) is 37.8 Å². The Morgan fingerprint density at radius 2 is 2.25 bits per heavy atom. The van der Waals surface area contributed by atoms with E-state index in [-0.39, 0.29) is 11.8 Å². The molecule has 16 heavy (non-hydrogen) atoms. The molecule has 0 aliphatic heterocycles. The molecule has 1 saturated carbocycles. The average Bonchev–Trinajstić information content (AvgIpc) is 2.83. The van der Waals surface area contributed by atoms with Crippen LogP contribution in [0.25, 0.3) is 0 Å². The first-order valence-electron chi connectivity index (χ1n) is 6.12.